The molecule has 19 heavy (non-hydrogen) atoms. The highest BCUT2D eigenvalue weighted by molar-refractivity contribution is 9.10. The highest BCUT2D eigenvalue weighted by Gasteiger charge is 2.17. The highest BCUT2D eigenvalue weighted by atomic mass is 79.9. The van der Waals surface area contributed by atoms with Gasteiger partial charge in [0.1, 0.15) is 11.6 Å². The molecule has 4 nitrogen and oxygen atoms in total. The smallest absolute Gasteiger partial charge is 0.261 e. The van der Waals surface area contributed by atoms with Crippen molar-refractivity contribution in [2.45, 2.75) is 0 Å². The van der Waals surface area contributed by atoms with Gasteiger partial charge in [-0.25, -0.2) is 9.37 Å². The van der Waals surface area contributed by atoms with Crippen LogP contribution < -0.4 is 10.6 Å². The van der Waals surface area contributed by atoms with Gasteiger partial charge in [-0.15, -0.1) is 0 Å². The molecule has 0 aliphatic heterocycles. The number of carbonyl (C=O) groups is 1. The third kappa shape index (κ3) is 2.90. The van der Waals surface area contributed by atoms with E-state index in [9.17, 15) is 9.18 Å². The van der Waals surface area contributed by atoms with Crippen molar-refractivity contribution in [1.82, 2.24) is 4.98 Å². The molecule has 98 valence electrons. The zero-order valence-corrected chi connectivity index (χ0v) is 11.7. The Morgan fingerprint density at radius 3 is 2.84 bits per heavy atom. The molecule has 1 heterocycles. The molecule has 0 radical (unpaired) electrons. The summed E-state index contributed by atoms with van der Waals surface area (Å²) >= 11 is 3.23. The fraction of sp³-hybridized carbons (Fsp3) is 0.0769. The van der Waals surface area contributed by atoms with E-state index < -0.39 is 5.82 Å². The van der Waals surface area contributed by atoms with Crippen LogP contribution in [0, 0.1) is 5.82 Å². The van der Waals surface area contributed by atoms with Crippen LogP contribution in [-0.2, 0) is 0 Å². The van der Waals surface area contributed by atoms with Gasteiger partial charge in [-0.1, -0.05) is 6.07 Å². The molecule has 2 aromatic rings. The molecule has 0 bridgehead atoms. The van der Waals surface area contributed by atoms with Crippen molar-refractivity contribution < 1.29 is 9.18 Å². The summed E-state index contributed by atoms with van der Waals surface area (Å²) in [7, 11) is 1.55. The molecule has 0 aliphatic carbocycles. The summed E-state index contributed by atoms with van der Waals surface area (Å²) in [4.78, 5) is 17.5. The minimum Gasteiger partial charge on any atom is -0.383 e. The molecular formula is C13H11BrFN3O. The number of anilines is 2. The van der Waals surface area contributed by atoms with Crippen LogP contribution in [0.1, 0.15) is 10.4 Å². The van der Waals surface area contributed by atoms with Crippen LogP contribution in [0.5, 0.6) is 0 Å². The maximum atomic E-state index is 13.2. The van der Waals surface area contributed by atoms with Crippen LogP contribution in [0.15, 0.2) is 41.0 Å². The molecule has 0 atom stereocenters. The minimum atomic E-state index is -0.405. The second-order valence-electron chi connectivity index (χ2n) is 3.93. The number of amides is 1. The number of benzene rings is 1. The highest BCUT2D eigenvalue weighted by Crippen LogP contribution is 2.21. The zero-order chi connectivity index (χ0) is 14.0. The summed E-state index contributed by atoms with van der Waals surface area (Å²) in [5, 5.41) is 0. The Balaban J connectivity index is 2.36. The molecule has 0 fully saturated rings. The number of hydrogen-bond donors (Lipinski definition) is 1. The Morgan fingerprint density at radius 2 is 2.16 bits per heavy atom. The molecule has 0 spiro atoms. The summed E-state index contributed by atoms with van der Waals surface area (Å²) in [6.07, 6.45) is 1.51. The molecule has 0 saturated carbocycles. The second kappa shape index (κ2) is 5.36. The number of halogens is 2. The van der Waals surface area contributed by atoms with Crippen LogP contribution in [0.2, 0.25) is 0 Å². The number of nitrogens with two attached hydrogens (primary N) is 1. The molecule has 1 aromatic heterocycles. The Hall–Kier alpha value is -1.95. The summed E-state index contributed by atoms with van der Waals surface area (Å²) in [6.45, 7) is 0. The Kier molecular flexibility index (Phi) is 3.80. The third-order valence-electron chi connectivity index (χ3n) is 2.62. The van der Waals surface area contributed by atoms with Crippen molar-refractivity contribution in [2.24, 2.45) is 0 Å². The predicted molar refractivity (Wildman–Crippen MR) is 75.5 cm³/mol. The number of aromatic nitrogens is 1. The topological polar surface area (TPSA) is 59.2 Å². The van der Waals surface area contributed by atoms with E-state index in [-0.39, 0.29) is 17.3 Å². The molecular weight excluding hydrogens is 313 g/mol. The lowest BCUT2D eigenvalue weighted by Crippen LogP contribution is -2.27. The van der Waals surface area contributed by atoms with E-state index in [2.05, 4.69) is 20.9 Å². The quantitative estimate of drug-likeness (QED) is 0.924. The largest absolute Gasteiger partial charge is 0.383 e. The first-order chi connectivity index (χ1) is 8.99. The standard InChI is InChI=1S/C13H11BrFN3O/c1-18(10-4-2-3-9(15)6-10)13(19)11-5-8(14)7-17-12(11)16/h2-7H,1H3,(H2,16,17). The second-order valence-corrected chi connectivity index (χ2v) is 4.85. The van der Waals surface area contributed by atoms with Gasteiger partial charge < -0.3 is 10.6 Å². The average Bonchev–Trinajstić information content (AvgIpc) is 2.40. The van der Waals surface area contributed by atoms with Crippen molar-refractivity contribution in [3.63, 3.8) is 0 Å². The minimum absolute atomic E-state index is 0.136. The fourth-order valence-electron chi connectivity index (χ4n) is 1.60. The summed E-state index contributed by atoms with van der Waals surface area (Å²) in [6, 6.07) is 7.36. The van der Waals surface area contributed by atoms with E-state index in [1.165, 1.54) is 29.3 Å². The van der Waals surface area contributed by atoms with Crippen LogP contribution in [0.25, 0.3) is 0 Å². The zero-order valence-electron chi connectivity index (χ0n) is 10.1. The predicted octanol–water partition coefficient (Wildman–Crippen LogP) is 2.84. The first kappa shape index (κ1) is 13.5. The fourth-order valence-corrected chi connectivity index (χ4v) is 1.94. The van der Waals surface area contributed by atoms with E-state index in [0.29, 0.717) is 10.2 Å². The summed E-state index contributed by atoms with van der Waals surface area (Å²) in [5.74, 6) is -0.620. The van der Waals surface area contributed by atoms with Gasteiger partial charge in [-0.3, -0.25) is 4.79 Å². The first-order valence-corrected chi connectivity index (χ1v) is 6.23. The molecule has 2 N–H and O–H groups in total. The average molecular weight is 324 g/mol. The molecule has 0 saturated heterocycles. The molecule has 6 heteroatoms. The van der Waals surface area contributed by atoms with Gasteiger partial charge in [-0.05, 0) is 40.2 Å². The van der Waals surface area contributed by atoms with E-state index in [0.717, 1.165) is 0 Å². The number of hydrogen-bond acceptors (Lipinski definition) is 3. The van der Waals surface area contributed by atoms with Crippen molar-refractivity contribution >= 4 is 33.3 Å². The lowest BCUT2D eigenvalue weighted by molar-refractivity contribution is 0.0993. The Bertz CT molecular complexity index is 633. The van der Waals surface area contributed by atoms with Crippen LogP contribution in [0.4, 0.5) is 15.9 Å². The number of nitrogen functional groups attached to an aromatic ring is 1. The van der Waals surface area contributed by atoms with Crippen LogP contribution in [-0.4, -0.2) is 17.9 Å². The normalized spacial score (nSPS) is 10.3. The molecule has 0 aliphatic rings. The monoisotopic (exact) mass is 323 g/mol. The lowest BCUT2D eigenvalue weighted by Gasteiger charge is -2.18. The van der Waals surface area contributed by atoms with Gasteiger partial charge in [0.15, 0.2) is 0 Å². The van der Waals surface area contributed by atoms with Gasteiger partial charge in [0.05, 0.1) is 5.56 Å². The van der Waals surface area contributed by atoms with E-state index in [4.69, 9.17) is 5.73 Å². The van der Waals surface area contributed by atoms with Crippen LogP contribution >= 0.6 is 15.9 Å². The number of carbonyl (C=O) groups excluding carboxylic acids is 1. The van der Waals surface area contributed by atoms with E-state index >= 15 is 0 Å². The van der Waals surface area contributed by atoms with E-state index in [1.54, 1.807) is 19.2 Å². The van der Waals surface area contributed by atoms with Gasteiger partial charge in [0.2, 0.25) is 0 Å². The van der Waals surface area contributed by atoms with Gasteiger partial charge in [0.25, 0.3) is 5.91 Å². The number of pyridine rings is 1. The van der Waals surface area contributed by atoms with Crippen molar-refractivity contribution in [2.75, 3.05) is 17.7 Å². The maximum Gasteiger partial charge on any atom is 0.261 e. The third-order valence-corrected chi connectivity index (χ3v) is 3.05. The number of nitrogens with zero attached hydrogens (tertiary/aromatic N) is 2. The van der Waals surface area contributed by atoms with Gasteiger partial charge in [0, 0.05) is 23.4 Å². The lowest BCUT2D eigenvalue weighted by atomic mass is 10.2. The number of rotatable bonds is 2. The maximum absolute atomic E-state index is 13.2. The molecule has 0 unspecified atom stereocenters. The Morgan fingerprint density at radius 1 is 1.42 bits per heavy atom. The first-order valence-electron chi connectivity index (χ1n) is 5.43. The summed E-state index contributed by atoms with van der Waals surface area (Å²) in [5.41, 5.74) is 6.40. The molecule has 1 aromatic carbocycles. The van der Waals surface area contributed by atoms with Crippen molar-refractivity contribution in [1.29, 1.82) is 0 Å². The van der Waals surface area contributed by atoms with Gasteiger partial charge in [-0.2, -0.15) is 0 Å². The van der Waals surface area contributed by atoms with E-state index in [1.807, 2.05) is 0 Å². The van der Waals surface area contributed by atoms with Gasteiger partial charge >= 0.3 is 0 Å². The molecule has 2 rings (SSSR count). The van der Waals surface area contributed by atoms with Crippen molar-refractivity contribution in [3.05, 3.63) is 52.4 Å². The van der Waals surface area contributed by atoms with Crippen LogP contribution in [0.3, 0.4) is 0 Å². The molecule has 1 amide bonds. The Labute approximate surface area is 118 Å². The summed E-state index contributed by atoms with van der Waals surface area (Å²) < 4.78 is 13.8. The SMILES string of the molecule is CN(C(=O)c1cc(Br)cnc1N)c1cccc(F)c1. The van der Waals surface area contributed by atoms with Crippen molar-refractivity contribution in [3.8, 4) is 0 Å².